The second-order valence-corrected chi connectivity index (χ2v) is 6.33. The fourth-order valence-electron chi connectivity index (χ4n) is 2.64. The van der Waals surface area contributed by atoms with Gasteiger partial charge in [0.05, 0.1) is 10.7 Å². The highest BCUT2D eigenvalue weighted by Gasteiger charge is 2.29. The number of hydrogen-bond donors (Lipinski definition) is 1. The van der Waals surface area contributed by atoms with Crippen molar-refractivity contribution < 1.29 is 0 Å². The molecule has 1 aromatic rings. The lowest BCUT2D eigenvalue weighted by molar-refractivity contribution is 0.0895. The average molecular weight is 268 g/mol. The maximum absolute atomic E-state index is 4.58. The Kier molecular flexibility index (Phi) is 4.72. The smallest absolute Gasteiger partial charge is 0.0897 e. The van der Waals surface area contributed by atoms with Gasteiger partial charge in [0.15, 0.2) is 0 Å². The lowest BCUT2D eigenvalue weighted by Crippen LogP contribution is -2.58. The van der Waals surface area contributed by atoms with Gasteiger partial charge in [0, 0.05) is 43.5 Å². The Morgan fingerprint density at radius 2 is 2.28 bits per heavy atom. The van der Waals surface area contributed by atoms with Crippen molar-refractivity contribution in [2.75, 3.05) is 40.8 Å². The number of piperazine rings is 1. The molecule has 0 saturated carbocycles. The van der Waals surface area contributed by atoms with E-state index in [4.69, 9.17) is 0 Å². The Hall–Kier alpha value is -0.490. The Bertz CT molecular complexity index is 379. The van der Waals surface area contributed by atoms with Crippen LogP contribution in [0.15, 0.2) is 5.38 Å². The van der Waals surface area contributed by atoms with Gasteiger partial charge < -0.3 is 10.2 Å². The molecule has 0 bridgehead atoms. The fraction of sp³-hybridized carbons (Fsp3) is 0.769. The number of likely N-dealkylation sites (N-methyl/N-ethyl adjacent to an activating group) is 3. The van der Waals surface area contributed by atoms with Crippen LogP contribution < -0.4 is 5.32 Å². The van der Waals surface area contributed by atoms with Gasteiger partial charge in [0.1, 0.15) is 0 Å². The van der Waals surface area contributed by atoms with Crippen LogP contribution in [0, 0.1) is 6.92 Å². The van der Waals surface area contributed by atoms with Crippen LogP contribution in [0.5, 0.6) is 0 Å². The molecule has 0 spiro atoms. The molecule has 1 aliphatic rings. The van der Waals surface area contributed by atoms with Crippen LogP contribution in [0.1, 0.15) is 10.7 Å². The molecule has 5 heteroatoms. The summed E-state index contributed by atoms with van der Waals surface area (Å²) in [6.07, 6.45) is 1.02. The number of aryl methyl sites for hydroxylation is 1. The van der Waals surface area contributed by atoms with Crippen molar-refractivity contribution >= 4 is 11.3 Å². The van der Waals surface area contributed by atoms with Crippen LogP contribution in [0.2, 0.25) is 0 Å². The SMILES string of the molecule is CNC(Cc1csc(C)n1)C1CN(C)CCN1C. The topological polar surface area (TPSA) is 31.4 Å². The zero-order chi connectivity index (χ0) is 13.1. The molecule has 0 radical (unpaired) electrons. The molecule has 2 unspecified atom stereocenters. The van der Waals surface area contributed by atoms with Crippen molar-refractivity contribution in [1.82, 2.24) is 20.1 Å². The van der Waals surface area contributed by atoms with E-state index in [2.05, 4.69) is 53.5 Å². The summed E-state index contributed by atoms with van der Waals surface area (Å²) in [6.45, 7) is 5.52. The molecule has 1 fully saturated rings. The van der Waals surface area contributed by atoms with Gasteiger partial charge in [-0.2, -0.15) is 0 Å². The molecular formula is C13H24N4S. The molecule has 1 N–H and O–H groups in total. The van der Waals surface area contributed by atoms with E-state index in [-0.39, 0.29) is 0 Å². The zero-order valence-electron chi connectivity index (χ0n) is 11.8. The van der Waals surface area contributed by atoms with E-state index in [1.54, 1.807) is 11.3 Å². The van der Waals surface area contributed by atoms with Crippen molar-refractivity contribution in [3.8, 4) is 0 Å². The van der Waals surface area contributed by atoms with Crippen molar-refractivity contribution in [1.29, 1.82) is 0 Å². The first-order chi connectivity index (χ1) is 8.60. The minimum atomic E-state index is 0.472. The maximum atomic E-state index is 4.58. The van der Waals surface area contributed by atoms with E-state index in [1.807, 2.05) is 0 Å². The Labute approximate surface area is 114 Å². The summed E-state index contributed by atoms with van der Waals surface area (Å²) in [7, 11) is 6.50. The van der Waals surface area contributed by atoms with Gasteiger partial charge in [-0.3, -0.25) is 4.90 Å². The second-order valence-electron chi connectivity index (χ2n) is 5.27. The quantitative estimate of drug-likeness (QED) is 0.876. The monoisotopic (exact) mass is 268 g/mol. The third kappa shape index (κ3) is 3.29. The summed E-state index contributed by atoms with van der Waals surface area (Å²) in [4.78, 5) is 9.47. The van der Waals surface area contributed by atoms with Crippen LogP contribution in [-0.4, -0.2) is 67.6 Å². The third-order valence-corrected chi connectivity index (χ3v) is 4.65. The minimum absolute atomic E-state index is 0.472. The number of hydrogen-bond acceptors (Lipinski definition) is 5. The van der Waals surface area contributed by atoms with Crippen molar-refractivity contribution in [2.45, 2.75) is 25.4 Å². The Morgan fingerprint density at radius 3 is 2.89 bits per heavy atom. The molecule has 2 rings (SSSR count). The lowest BCUT2D eigenvalue weighted by Gasteiger charge is -2.41. The average Bonchev–Trinajstić information content (AvgIpc) is 2.75. The first-order valence-corrected chi connectivity index (χ1v) is 7.45. The van der Waals surface area contributed by atoms with E-state index in [0.29, 0.717) is 12.1 Å². The van der Waals surface area contributed by atoms with E-state index in [9.17, 15) is 0 Å². The molecule has 0 aromatic carbocycles. The lowest BCUT2D eigenvalue weighted by atomic mass is 10.00. The Balaban J connectivity index is 2.02. The second kappa shape index (κ2) is 6.10. The van der Waals surface area contributed by atoms with Crippen molar-refractivity contribution in [3.63, 3.8) is 0 Å². The molecule has 0 amide bonds. The van der Waals surface area contributed by atoms with Crippen LogP contribution >= 0.6 is 11.3 Å². The highest BCUT2D eigenvalue weighted by atomic mass is 32.1. The summed E-state index contributed by atoms with van der Waals surface area (Å²) in [5.41, 5.74) is 1.22. The molecule has 1 aromatic heterocycles. The molecular weight excluding hydrogens is 244 g/mol. The van der Waals surface area contributed by atoms with Gasteiger partial charge in [-0.25, -0.2) is 4.98 Å². The van der Waals surface area contributed by atoms with Crippen LogP contribution in [0.4, 0.5) is 0 Å². The van der Waals surface area contributed by atoms with E-state index >= 15 is 0 Å². The van der Waals surface area contributed by atoms with E-state index < -0.39 is 0 Å². The van der Waals surface area contributed by atoms with E-state index in [1.165, 1.54) is 12.2 Å². The third-order valence-electron chi connectivity index (χ3n) is 3.83. The van der Waals surface area contributed by atoms with Gasteiger partial charge in [-0.05, 0) is 28.1 Å². The molecule has 1 saturated heterocycles. The zero-order valence-corrected chi connectivity index (χ0v) is 12.6. The minimum Gasteiger partial charge on any atom is -0.315 e. The number of nitrogens with one attached hydrogen (secondary N) is 1. The molecule has 4 nitrogen and oxygen atoms in total. The molecule has 2 atom stereocenters. The van der Waals surface area contributed by atoms with Crippen LogP contribution in [-0.2, 0) is 6.42 Å². The number of aromatic nitrogens is 1. The summed E-state index contributed by atoms with van der Waals surface area (Å²) in [5, 5.41) is 6.82. The summed E-state index contributed by atoms with van der Waals surface area (Å²) in [5.74, 6) is 0. The first-order valence-electron chi connectivity index (χ1n) is 6.57. The summed E-state index contributed by atoms with van der Waals surface area (Å²) in [6, 6.07) is 1.04. The Morgan fingerprint density at radius 1 is 1.50 bits per heavy atom. The first kappa shape index (κ1) is 13.9. The predicted octanol–water partition coefficient (Wildman–Crippen LogP) is 0.828. The molecule has 18 heavy (non-hydrogen) atoms. The number of thiazole rings is 1. The van der Waals surface area contributed by atoms with E-state index in [0.717, 1.165) is 24.5 Å². The van der Waals surface area contributed by atoms with Gasteiger partial charge in [-0.15, -0.1) is 11.3 Å². The van der Waals surface area contributed by atoms with Crippen molar-refractivity contribution in [3.05, 3.63) is 16.1 Å². The summed E-state index contributed by atoms with van der Waals surface area (Å²) < 4.78 is 0. The van der Waals surface area contributed by atoms with Gasteiger partial charge in [0.2, 0.25) is 0 Å². The highest BCUT2D eigenvalue weighted by Crippen LogP contribution is 2.16. The molecule has 2 heterocycles. The highest BCUT2D eigenvalue weighted by molar-refractivity contribution is 7.09. The molecule has 1 aliphatic heterocycles. The van der Waals surface area contributed by atoms with Gasteiger partial charge in [-0.1, -0.05) is 0 Å². The number of nitrogens with zero attached hydrogens (tertiary/aromatic N) is 3. The number of rotatable bonds is 4. The molecule has 102 valence electrons. The molecule has 0 aliphatic carbocycles. The van der Waals surface area contributed by atoms with Gasteiger partial charge in [0.25, 0.3) is 0 Å². The van der Waals surface area contributed by atoms with Crippen LogP contribution in [0.25, 0.3) is 0 Å². The standard InChI is InChI=1S/C13H24N4S/c1-10-15-11(9-18-10)7-12(14-2)13-8-16(3)5-6-17(13)4/h9,12-14H,5-8H2,1-4H3. The largest absolute Gasteiger partial charge is 0.315 e. The normalized spacial score (nSPS) is 24.3. The predicted molar refractivity (Wildman–Crippen MR) is 77.3 cm³/mol. The van der Waals surface area contributed by atoms with Gasteiger partial charge >= 0.3 is 0 Å². The van der Waals surface area contributed by atoms with Crippen molar-refractivity contribution in [2.24, 2.45) is 0 Å². The maximum Gasteiger partial charge on any atom is 0.0897 e. The summed E-state index contributed by atoms with van der Waals surface area (Å²) >= 11 is 1.74. The van der Waals surface area contributed by atoms with Crippen LogP contribution in [0.3, 0.4) is 0 Å². The fourth-order valence-corrected chi connectivity index (χ4v) is 3.26.